The first-order valence-corrected chi connectivity index (χ1v) is 9.19. The highest BCUT2D eigenvalue weighted by molar-refractivity contribution is 9.11. The number of aliphatic hydroxyl groups is 1. The maximum atomic E-state index is 12.1. The molecule has 0 saturated heterocycles. The molecule has 0 aliphatic rings. The molecular weight excluding hydrogens is 548 g/mol. The summed E-state index contributed by atoms with van der Waals surface area (Å²) in [5.41, 5.74) is 1.77. The number of anilines is 2. The molecule has 0 aliphatic heterocycles. The number of aliphatic hydroxyl groups excluding tert-OH is 1. The predicted molar refractivity (Wildman–Crippen MR) is 102 cm³/mol. The van der Waals surface area contributed by atoms with Gasteiger partial charge in [0.2, 0.25) is 0 Å². The zero-order chi connectivity index (χ0) is 16.3. The van der Waals surface area contributed by atoms with Crippen molar-refractivity contribution in [1.29, 1.82) is 0 Å². The van der Waals surface area contributed by atoms with E-state index in [0.717, 1.165) is 13.4 Å². The van der Waals surface area contributed by atoms with Gasteiger partial charge in [-0.3, -0.25) is 0 Å². The normalized spacial score (nSPS) is 10.4. The lowest BCUT2D eigenvalue weighted by atomic mass is 10.2. The Balaban J connectivity index is 2.19. The first kappa shape index (κ1) is 17.9. The van der Waals surface area contributed by atoms with E-state index in [1.165, 1.54) is 0 Å². The lowest BCUT2D eigenvalue weighted by molar-refractivity contribution is 0.262. The van der Waals surface area contributed by atoms with Gasteiger partial charge in [0.25, 0.3) is 0 Å². The summed E-state index contributed by atoms with van der Waals surface area (Å²) in [6.45, 7) is -0.189. The lowest BCUT2D eigenvalue weighted by Gasteiger charge is -2.13. The standard InChI is InChI=1S/C14H10Br4N2O2/c15-7-1-8(16)3-10(2-7)19-14(22)20-13-5-9(17)4-12(18)11(13)6-21/h1-5,21H,6H2,(H2,19,20,22). The molecule has 0 heterocycles. The number of hydrogen-bond acceptors (Lipinski definition) is 2. The molecule has 4 nitrogen and oxygen atoms in total. The summed E-state index contributed by atoms with van der Waals surface area (Å²) >= 11 is 13.4. The maximum Gasteiger partial charge on any atom is 0.323 e. The third-order valence-electron chi connectivity index (χ3n) is 2.69. The van der Waals surface area contributed by atoms with Crippen molar-refractivity contribution in [3.63, 3.8) is 0 Å². The van der Waals surface area contributed by atoms with E-state index in [9.17, 15) is 9.90 Å². The quantitative estimate of drug-likeness (QED) is 0.442. The van der Waals surface area contributed by atoms with Crippen LogP contribution in [0.4, 0.5) is 16.2 Å². The minimum absolute atomic E-state index is 0.189. The van der Waals surface area contributed by atoms with Crippen LogP contribution in [0, 0.1) is 0 Å². The number of benzene rings is 2. The van der Waals surface area contributed by atoms with Gasteiger partial charge in [-0.1, -0.05) is 63.7 Å². The molecule has 0 spiro atoms. The Morgan fingerprint density at radius 2 is 1.50 bits per heavy atom. The number of amides is 2. The number of hydrogen-bond donors (Lipinski definition) is 3. The van der Waals surface area contributed by atoms with Crippen LogP contribution in [0.15, 0.2) is 48.2 Å². The van der Waals surface area contributed by atoms with E-state index in [-0.39, 0.29) is 6.61 Å². The Morgan fingerprint density at radius 1 is 0.909 bits per heavy atom. The average molecular weight is 558 g/mol. The van der Waals surface area contributed by atoms with E-state index >= 15 is 0 Å². The minimum atomic E-state index is -0.398. The summed E-state index contributed by atoms with van der Waals surface area (Å²) in [4.78, 5) is 12.1. The molecule has 3 N–H and O–H groups in total. The third-order valence-corrected chi connectivity index (χ3v) is 4.77. The number of nitrogens with one attached hydrogen (secondary N) is 2. The molecular formula is C14H10Br4N2O2. The molecule has 0 saturated carbocycles. The molecule has 22 heavy (non-hydrogen) atoms. The van der Waals surface area contributed by atoms with Gasteiger partial charge in [0.1, 0.15) is 0 Å². The highest BCUT2D eigenvalue weighted by Crippen LogP contribution is 2.30. The number of carbonyl (C=O) groups excluding carboxylic acids is 1. The summed E-state index contributed by atoms with van der Waals surface area (Å²) in [5, 5.41) is 14.9. The van der Waals surface area contributed by atoms with Crippen molar-refractivity contribution in [2.24, 2.45) is 0 Å². The minimum Gasteiger partial charge on any atom is -0.392 e. The van der Waals surface area contributed by atoms with E-state index in [1.54, 1.807) is 24.3 Å². The Morgan fingerprint density at radius 3 is 2.09 bits per heavy atom. The second-order valence-corrected chi connectivity index (χ2v) is 7.91. The van der Waals surface area contributed by atoms with E-state index in [2.05, 4.69) is 74.4 Å². The monoisotopic (exact) mass is 554 g/mol. The van der Waals surface area contributed by atoms with E-state index in [4.69, 9.17) is 0 Å². The Labute approximate surface area is 161 Å². The molecule has 2 aromatic carbocycles. The van der Waals surface area contributed by atoms with Crippen LogP contribution in [0.5, 0.6) is 0 Å². The molecule has 116 valence electrons. The molecule has 0 bridgehead atoms. The van der Waals surface area contributed by atoms with Crippen LogP contribution < -0.4 is 10.6 Å². The number of halogens is 4. The van der Waals surface area contributed by atoms with Crippen LogP contribution in [0.2, 0.25) is 0 Å². The second-order valence-electron chi connectivity index (χ2n) is 4.31. The lowest BCUT2D eigenvalue weighted by Crippen LogP contribution is -2.20. The molecule has 2 amide bonds. The molecule has 0 aliphatic carbocycles. The predicted octanol–water partition coefficient (Wildman–Crippen LogP) is 5.87. The molecule has 0 radical (unpaired) electrons. The topological polar surface area (TPSA) is 61.4 Å². The van der Waals surface area contributed by atoms with Crippen LogP contribution in [-0.4, -0.2) is 11.1 Å². The fourth-order valence-electron chi connectivity index (χ4n) is 1.79. The molecule has 2 rings (SSSR count). The summed E-state index contributed by atoms with van der Waals surface area (Å²) in [7, 11) is 0. The maximum absolute atomic E-state index is 12.1. The van der Waals surface area contributed by atoms with Crippen LogP contribution in [0.25, 0.3) is 0 Å². The van der Waals surface area contributed by atoms with Crippen molar-refractivity contribution in [3.8, 4) is 0 Å². The zero-order valence-corrected chi connectivity index (χ0v) is 17.3. The number of urea groups is 1. The number of rotatable bonds is 3. The van der Waals surface area contributed by atoms with Gasteiger partial charge < -0.3 is 15.7 Å². The highest BCUT2D eigenvalue weighted by atomic mass is 79.9. The fourth-order valence-corrected chi connectivity index (χ4v) is 4.43. The molecule has 8 heteroatoms. The molecule has 0 fully saturated rings. The van der Waals surface area contributed by atoms with E-state index < -0.39 is 6.03 Å². The van der Waals surface area contributed by atoms with Gasteiger partial charge in [-0.05, 0) is 30.3 Å². The van der Waals surface area contributed by atoms with Crippen molar-refractivity contribution in [1.82, 2.24) is 0 Å². The molecule has 0 atom stereocenters. The van der Waals surface area contributed by atoms with Crippen molar-refractivity contribution >= 4 is 81.1 Å². The van der Waals surface area contributed by atoms with Gasteiger partial charge in [-0.2, -0.15) is 0 Å². The smallest absolute Gasteiger partial charge is 0.323 e. The summed E-state index contributed by atoms with van der Waals surface area (Å²) < 4.78 is 3.19. The van der Waals surface area contributed by atoms with E-state index in [1.807, 2.05) is 6.07 Å². The molecule has 0 aromatic heterocycles. The fraction of sp³-hybridized carbons (Fsp3) is 0.0714. The van der Waals surface area contributed by atoms with Crippen molar-refractivity contribution < 1.29 is 9.90 Å². The zero-order valence-electron chi connectivity index (χ0n) is 11.0. The van der Waals surface area contributed by atoms with Crippen LogP contribution in [0.3, 0.4) is 0 Å². The third kappa shape index (κ3) is 4.79. The Kier molecular flexibility index (Phi) is 6.46. The van der Waals surface area contributed by atoms with Gasteiger partial charge in [0, 0.05) is 29.1 Å². The van der Waals surface area contributed by atoms with Crippen molar-refractivity contribution in [3.05, 3.63) is 53.8 Å². The molecule has 2 aromatic rings. The van der Waals surface area contributed by atoms with Gasteiger partial charge in [0.15, 0.2) is 0 Å². The SMILES string of the molecule is O=C(Nc1cc(Br)cc(Br)c1)Nc1cc(Br)cc(Br)c1CO. The van der Waals surface area contributed by atoms with Gasteiger partial charge in [-0.15, -0.1) is 0 Å². The van der Waals surface area contributed by atoms with Gasteiger partial charge in [0.05, 0.1) is 12.3 Å². The second kappa shape index (κ2) is 7.92. The van der Waals surface area contributed by atoms with Gasteiger partial charge in [-0.25, -0.2) is 4.79 Å². The van der Waals surface area contributed by atoms with Crippen molar-refractivity contribution in [2.45, 2.75) is 6.61 Å². The van der Waals surface area contributed by atoms with E-state index in [0.29, 0.717) is 21.4 Å². The largest absolute Gasteiger partial charge is 0.392 e. The summed E-state index contributed by atoms with van der Waals surface area (Å²) in [6, 6.07) is 8.58. The first-order valence-electron chi connectivity index (χ1n) is 6.02. The number of carbonyl (C=O) groups is 1. The van der Waals surface area contributed by atoms with Gasteiger partial charge >= 0.3 is 6.03 Å². The average Bonchev–Trinajstić information content (AvgIpc) is 2.36. The highest BCUT2D eigenvalue weighted by Gasteiger charge is 2.11. The van der Waals surface area contributed by atoms with Crippen LogP contribution >= 0.6 is 63.7 Å². The van der Waals surface area contributed by atoms with Crippen LogP contribution in [0.1, 0.15) is 5.56 Å². The summed E-state index contributed by atoms with van der Waals surface area (Å²) in [5.74, 6) is 0. The molecule has 0 unspecified atom stereocenters. The first-order chi connectivity index (χ1) is 10.4. The van der Waals surface area contributed by atoms with Crippen LogP contribution in [-0.2, 0) is 6.61 Å². The Hall–Kier alpha value is -0.410. The summed E-state index contributed by atoms with van der Waals surface area (Å²) in [6.07, 6.45) is 0. The Bertz CT molecular complexity index is 702. The van der Waals surface area contributed by atoms with Crippen molar-refractivity contribution in [2.75, 3.05) is 10.6 Å².